The summed E-state index contributed by atoms with van der Waals surface area (Å²) in [4.78, 5) is 2.50. The largest absolute Gasteiger partial charge is 0.298 e. The Bertz CT molecular complexity index is 801. The molecule has 0 amide bonds. The maximum atomic E-state index is 13.0. The summed E-state index contributed by atoms with van der Waals surface area (Å²) < 4.78 is 39.9. The van der Waals surface area contributed by atoms with Gasteiger partial charge in [0, 0.05) is 32.2 Å². The summed E-state index contributed by atoms with van der Waals surface area (Å²) in [5.41, 5.74) is 1.33. The molecule has 140 valence electrons. The minimum atomic E-state index is -3.54. The van der Waals surface area contributed by atoms with E-state index in [1.54, 1.807) is 0 Å². The van der Waals surface area contributed by atoms with Crippen LogP contribution < -0.4 is 0 Å². The molecule has 1 atom stereocenters. The maximum absolute atomic E-state index is 13.0. The summed E-state index contributed by atoms with van der Waals surface area (Å²) in [6, 6.07) is 15.9. The van der Waals surface area contributed by atoms with Crippen LogP contribution in [-0.4, -0.2) is 49.8 Å². The molecule has 1 aliphatic heterocycles. The van der Waals surface area contributed by atoms with Crippen LogP contribution in [0.15, 0.2) is 59.5 Å². The predicted molar refractivity (Wildman–Crippen MR) is 101 cm³/mol. The van der Waals surface area contributed by atoms with Gasteiger partial charge < -0.3 is 0 Å². The fourth-order valence-corrected chi connectivity index (χ4v) is 4.77. The van der Waals surface area contributed by atoms with Gasteiger partial charge in [-0.2, -0.15) is 4.31 Å². The lowest BCUT2D eigenvalue weighted by Crippen LogP contribution is -2.51. The zero-order valence-electron chi connectivity index (χ0n) is 15.0. The molecule has 6 heteroatoms. The van der Waals surface area contributed by atoms with Gasteiger partial charge in [0.15, 0.2) is 0 Å². The molecule has 0 aliphatic carbocycles. The van der Waals surface area contributed by atoms with Crippen LogP contribution in [-0.2, 0) is 16.4 Å². The third-order valence-corrected chi connectivity index (χ3v) is 6.95. The van der Waals surface area contributed by atoms with Crippen molar-refractivity contribution in [1.82, 2.24) is 9.21 Å². The quantitative estimate of drug-likeness (QED) is 0.778. The van der Waals surface area contributed by atoms with E-state index >= 15 is 0 Å². The molecule has 0 spiro atoms. The summed E-state index contributed by atoms with van der Waals surface area (Å²) in [5.74, 6) is -0.430. The molecule has 1 saturated heterocycles. The molecule has 3 rings (SSSR count). The highest BCUT2D eigenvalue weighted by Gasteiger charge is 2.29. The van der Waals surface area contributed by atoms with Crippen molar-refractivity contribution in [2.45, 2.75) is 30.7 Å². The van der Waals surface area contributed by atoms with Gasteiger partial charge in [0.05, 0.1) is 4.90 Å². The molecule has 0 saturated carbocycles. The molecule has 0 bridgehead atoms. The van der Waals surface area contributed by atoms with Crippen molar-refractivity contribution in [2.24, 2.45) is 0 Å². The summed E-state index contributed by atoms with van der Waals surface area (Å²) >= 11 is 0. The minimum Gasteiger partial charge on any atom is -0.298 e. The summed E-state index contributed by atoms with van der Waals surface area (Å²) in [5, 5.41) is 0. The van der Waals surface area contributed by atoms with Crippen molar-refractivity contribution in [1.29, 1.82) is 0 Å². The zero-order chi connectivity index (χ0) is 18.6. The lowest BCUT2D eigenvalue weighted by Gasteiger charge is -2.37. The SMILES string of the molecule is C[C@H](CCc1ccccc1)N1CCN(S(=O)(=O)c2ccc(F)cc2)CC1. The van der Waals surface area contributed by atoms with Crippen LogP contribution >= 0.6 is 0 Å². The Kier molecular flexibility index (Phi) is 6.06. The first-order valence-corrected chi connectivity index (χ1v) is 10.4. The Morgan fingerprint density at radius 1 is 0.962 bits per heavy atom. The van der Waals surface area contributed by atoms with Crippen molar-refractivity contribution in [3.05, 3.63) is 66.0 Å². The van der Waals surface area contributed by atoms with Gasteiger partial charge in [0.2, 0.25) is 10.0 Å². The molecule has 1 aliphatic rings. The molecule has 2 aromatic rings. The molecule has 26 heavy (non-hydrogen) atoms. The predicted octanol–water partition coefficient (Wildman–Crippen LogP) is 3.15. The number of piperazine rings is 1. The molecular formula is C20H25FN2O2S. The van der Waals surface area contributed by atoms with E-state index in [9.17, 15) is 12.8 Å². The van der Waals surface area contributed by atoms with Crippen LogP contribution in [0.5, 0.6) is 0 Å². The van der Waals surface area contributed by atoms with E-state index in [1.807, 2.05) is 6.07 Å². The minimum absolute atomic E-state index is 0.157. The highest BCUT2D eigenvalue weighted by Crippen LogP contribution is 2.20. The smallest absolute Gasteiger partial charge is 0.243 e. The van der Waals surface area contributed by atoms with Crippen molar-refractivity contribution < 1.29 is 12.8 Å². The van der Waals surface area contributed by atoms with Gasteiger partial charge in [-0.05, 0) is 49.6 Å². The van der Waals surface area contributed by atoms with Crippen molar-refractivity contribution >= 4 is 10.0 Å². The number of aryl methyl sites for hydroxylation is 1. The van der Waals surface area contributed by atoms with Crippen LogP contribution in [0.25, 0.3) is 0 Å². The van der Waals surface area contributed by atoms with Gasteiger partial charge in [-0.25, -0.2) is 12.8 Å². The van der Waals surface area contributed by atoms with E-state index in [4.69, 9.17) is 0 Å². The van der Waals surface area contributed by atoms with E-state index in [0.29, 0.717) is 19.1 Å². The lowest BCUT2D eigenvalue weighted by molar-refractivity contribution is 0.140. The summed E-state index contributed by atoms with van der Waals surface area (Å²) in [6.45, 7) is 4.57. The Morgan fingerprint density at radius 2 is 1.58 bits per heavy atom. The second kappa shape index (κ2) is 8.29. The third-order valence-electron chi connectivity index (χ3n) is 5.04. The second-order valence-electron chi connectivity index (χ2n) is 6.77. The molecule has 1 heterocycles. The van der Waals surface area contributed by atoms with Crippen molar-refractivity contribution in [3.8, 4) is 0 Å². The molecule has 0 radical (unpaired) electrons. The molecule has 4 nitrogen and oxygen atoms in total. The molecule has 1 fully saturated rings. The van der Waals surface area contributed by atoms with E-state index in [2.05, 4.69) is 36.1 Å². The van der Waals surface area contributed by atoms with E-state index in [1.165, 1.54) is 34.1 Å². The number of halogens is 1. The van der Waals surface area contributed by atoms with Gasteiger partial charge in [-0.3, -0.25) is 4.90 Å². The summed E-state index contributed by atoms with van der Waals surface area (Å²) in [7, 11) is -3.54. The van der Waals surface area contributed by atoms with E-state index < -0.39 is 15.8 Å². The highest BCUT2D eigenvalue weighted by molar-refractivity contribution is 7.89. The first-order chi connectivity index (χ1) is 12.5. The Labute approximate surface area is 155 Å². The lowest BCUT2D eigenvalue weighted by atomic mass is 10.0. The molecular weight excluding hydrogens is 351 g/mol. The normalized spacial score (nSPS) is 17.9. The number of hydrogen-bond acceptors (Lipinski definition) is 3. The molecule has 0 unspecified atom stereocenters. The topological polar surface area (TPSA) is 40.6 Å². The van der Waals surface area contributed by atoms with Gasteiger partial charge in [0.1, 0.15) is 5.82 Å². The Balaban J connectivity index is 1.54. The highest BCUT2D eigenvalue weighted by atomic mass is 32.2. The van der Waals surface area contributed by atoms with Gasteiger partial charge >= 0.3 is 0 Å². The van der Waals surface area contributed by atoms with Crippen molar-refractivity contribution in [2.75, 3.05) is 26.2 Å². The van der Waals surface area contributed by atoms with E-state index in [0.717, 1.165) is 25.9 Å². The number of hydrogen-bond donors (Lipinski definition) is 0. The fraction of sp³-hybridized carbons (Fsp3) is 0.400. The average molecular weight is 376 g/mol. The average Bonchev–Trinajstić information content (AvgIpc) is 2.67. The van der Waals surface area contributed by atoms with Crippen LogP contribution in [0.4, 0.5) is 4.39 Å². The van der Waals surface area contributed by atoms with Gasteiger partial charge in [-0.15, -0.1) is 0 Å². The van der Waals surface area contributed by atoms with Gasteiger partial charge in [0.25, 0.3) is 0 Å². The van der Waals surface area contributed by atoms with Crippen LogP contribution in [0, 0.1) is 5.82 Å². The number of sulfonamides is 1. The van der Waals surface area contributed by atoms with Crippen LogP contribution in [0.3, 0.4) is 0 Å². The Hall–Kier alpha value is -1.76. The third kappa shape index (κ3) is 4.50. The summed E-state index contributed by atoms with van der Waals surface area (Å²) in [6.07, 6.45) is 2.07. The van der Waals surface area contributed by atoms with Gasteiger partial charge in [-0.1, -0.05) is 30.3 Å². The first-order valence-electron chi connectivity index (χ1n) is 9.00. The van der Waals surface area contributed by atoms with Crippen LogP contribution in [0.2, 0.25) is 0 Å². The number of benzene rings is 2. The van der Waals surface area contributed by atoms with Crippen LogP contribution in [0.1, 0.15) is 18.9 Å². The van der Waals surface area contributed by atoms with E-state index in [-0.39, 0.29) is 4.90 Å². The maximum Gasteiger partial charge on any atom is 0.243 e. The number of rotatable bonds is 6. The number of nitrogens with zero attached hydrogens (tertiary/aromatic N) is 2. The second-order valence-corrected chi connectivity index (χ2v) is 8.71. The zero-order valence-corrected chi connectivity index (χ0v) is 15.8. The first kappa shape index (κ1) is 19.0. The standard InChI is InChI=1S/C20H25FN2O2S/c1-17(7-8-18-5-3-2-4-6-18)22-13-15-23(16-14-22)26(24,25)20-11-9-19(21)10-12-20/h2-6,9-12,17H,7-8,13-16H2,1H3/t17-/m1/s1. The monoisotopic (exact) mass is 376 g/mol. The molecule has 0 N–H and O–H groups in total. The fourth-order valence-electron chi connectivity index (χ4n) is 3.34. The van der Waals surface area contributed by atoms with Crippen molar-refractivity contribution in [3.63, 3.8) is 0 Å². The Morgan fingerprint density at radius 3 is 2.19 bits per heavy atom. The molecule has 2 aromatic carbocycles. The molecule has 0 aromatic heterocycles.